The molecule has 0 spiro atoms. The summed E-state index contributed by atoms with van der Waals surface area (Å²) in [6.07, 6.45) is 1.85. The topological polar surface area (TPSA) is 57.6 Å². The summed E-state index contributed by atoms with van der Waals surface area (Å²) in [4.78, 5) is 13.0. The first-order chi connectivity index (χ1) is 11.0. The first-order valence-electron chi connectivity index (χ1n) is 7.14. The molecular formula is C16H14ClN5O. The Morgan fingerprint density at radius 3 is 2.57 bits per heavy atom. The van der Waals surface area contributed by atoms with E-state index in [1.54, 1.807) is 27.0 Å². The Balaban J connectivity index is 2.29. The number of fused-ring (bicyclic) bond motifs is 3. The van der Waals surface area contributed by atoms with E-state index in [9.17, 15) is 4.79 Å². The molecule has 0 aliphatic heterocycles. The zero-order valence-electron chi connectivity index (χ0n) is 12.9. The maximum absolute atomic E-state index is 13.0. The van der Waals surface area contributed by atoms with Gasteiger partial charge in [-0.2, -0.15) is 10.2 Å². The lowest BCUT2D eigenvalue weighted by atomic mass is 10.1. The fourth-order valence-corrected chi connectivity index (χ4v) is 3.18. The van der Waals surface area contributed by atoms with Gasteiger partial charge in [-0.25, -0.2) is 0 Å². The van der Waals surface area contributed by atoms with Crippen molar-refractivity contribution >= 4 is 33.4 Å². The van der Waals surface area contributed by atoms with Crippen LogP contribution in [0.1, 0.15) is 5.69 Å². The van der Waals surface area contributed by atoms with Crippen molar-refractivity contribution in [3.8, 4) is 5.82 Å². The molecule has 116 valence electrons. The first-order valence-corrected chi connectivity index (χ1v) is 7.52. The number of hydrogen-bond donors (Lipinski definition) is 0. The molecule has 7 heteroatoms. The normalized spacial score (nSPS) is 11.7. The molecule has 3 heterocycles. The molecule has 0 saturated carbocycles. The van der Waals surface area contributed by atoms with Gasteiger partial charge in [0.05, 0.1) is 11.2 Å². The fraction of sp³-hybridized carbons (Fsp3) is 0.188. The van der Waals surface area contributed by atoms with Crippen molar-refractivity contribution in [3.05, 3.63) is 51.5 Å². The fourth-order valence-electron chi connectivity index (χ4n) is 3.01. The maximum atomic E-state index is 13.0. The lowest BCUT2D eigenvalue weighted by molar-refractivity contribution is 0.721. The van der Waals surface area contributed by atoms with Crippen LogP contribution in [0.2, 0.25) is 5.02 Å². The van der Waals surface area contributed by atoms with Crippen molar-refractivity contribution in [2.24, 2.45) is 14.1 Å². The second kappa shape index (κ2) is 4.70. The van der Waals surface area contributed by atoms with Crippen LogP contribution >= 0.6 is 11.6 Å². The second-order valence-corrected chi connectivity index (χ2v) is 6.07. The van der Waals surface area contributed by atoms with E-state index in [-0.39, 0.29) is 5.56 Å². The molecule has 23 heavy (non-hydrogen) atoms. The molecule has 4 aromatic rings. The molecule has 4 rings (SSSR count). The third-order valence-electron chi connectivity index (χ3n) is 3.93. The van der Waals surface area contributed by atoms with Crippen LogP contribution in [0.15, 0.2) is 35.3 Å². The highest BCUT2D eigenvalue weighted by Gasteiger charge is 2.17. The van der Waals surface area contributed by atoms with E-state index in [2.05, 4.69) is 10.2 Å². The van der Waals surface area contributed by atoms with Gasteiger partial charge in [-0.15, -0.1) is 0 Å². The Kier molecular flexibility index (Phi) is 2.86. The van der Waals surface area contributed by atoms with E-state index in [1.807, 2.05) is 38.4 Å². The molecule has 0 aliphatic carbocycles. The van der Waals surface area contributed by atoms with E-state index >= 15 is 0 Å². The van der Waals surface area contributed by atoms with Gasteiger partial charge in [-0.1, -0.05) is 17.7 Å². The number of aryl methyl sites for hydroxylation is 3. The lowest BCUT2D eigenvalue weighted by Gasteiger charge is -2.11. The molecule has 0 aliphatic rings. The van der Waals surface area contributed by atoms with Gasteiger partial charge in [0.15, 0.2) is 5.52 Å². The highest BCUT2D eigenvalue weighted by Crippen LogP contribution is 2.26. The number of pyridine rings is 1. The van der Waals surface area contributed by atoms with Crippen LogP contribution < -0.4 is 5.56 Å². The van der Waals surface area contributed by atoms with Crippen molar-refractivity contribution in [2.75, 3.05) is 0 Å². The second-order valence-electron chi connectivity index (χ2n) is 5.63. The van der Waals surface area contributed by atoms with Crippen molar-refractivity contribution in [2.45, 2.75) is 6.92 Å². The predicted octanol–water partition coefficient (Wildman–Crippen LogP) is 2.57. The maximum Gasteiger partial charge on any atom is 0.285 e. The molecule has 0 atom stereocenters. The molecule has 0 amide bonds. The number of nitrogens with zero attached hydrogens (tertiary/aromatic N) is 5. The summed E-state index contributed by atoms with van der Waals surface area (Å²) in [6.45, 7) is 1.89. The summed E-state index contributed by atoms with van der Waals surface area (Å²) in [5, 5.41) is 11.0. The summed E-state index contributed by atoms with van der Waals surface area (Å²) < 4.78 is 4.96. The average molecular weight is 328 g/mol. The van der Waals surface area contributed by atoms with Crippen molar-refractivity contribution in [1.82, 2.24) is 24.1 Å². The Morgan fingerprint density at radius 2 is 1.87 bits per heavy atom. The SMILES string of the molecule is Cc1cc(-n2c(=O)c3nn(C)cc3c3ccc(Cl)cc32)n(C)n1. The van der Waals surface area contributed by atoms with Gasteiger partial charge >= 0.3 is 0 Å². The third-order valence-corrected chi connectivity index (χ3v) is 4.17. The highest BCUT2D eigenvalue weighted by molar-refractivity contribution is 6.31. The molecule has 6 nitrogen and oxygen atoms in total. The zero-order chi connectivity index (χ0) is 16.3. The summed E-state index contributed by atoms with van der Waals surface area (Å²) in [5.41, 5.74) is 1.83. The van der Waals surface area contributed by atoms with Gasteiger partial charge in [0.1, 0.15) is 5.82 Å². The average Bonchev–Trinajstić information content (AvgIpc) is 3.02. The number of hydrogen-bond acceptors (Lipinski definition) is 3. The zero-order valence-corrected chi connectivity index (χ0v) is 13.7. The largest absolute Gasteiger partial charge is 0.285 e. The standard InChI is InChI=1S/C16H14ClN5O/c1-9-6-14(21(3)18-9)22-13-7-10(17)4-5-11(13)12-8-20(2)19-15(12)16(22)23/h4-8H,1-3H3. The number of benzene rings is 1. The van der Waals surface area contributed by atoms with Gasteiger partial charge in [0.25, 0.3) is 5.56 Å². The van der Waals surface area contributed by atoms with Crippen LogP contribution in [-0.2, 0) is 14.1 Å². The Labute approximate surface area is 136 Å². The monoisotopic (exact) mass is 327 g/mol. The smallest absolute Gasteiger partial charge is 0.274 e. The van der Waals surface area contributed by atoms with E-state index in [1.165, 1.54) is 0 Å². The summed E-state index contributed by atoms with van der Waals surface area (Å²) in [6, 6.07) is 7.41. The summed E-state index contributed by atoms with van der Waals surface area (Å²) >= 11 is 6.17. The van der Waals surface area contributed by atoms with Crippen LogP contribution in [0.3, 0.4) is 0 Å². The molecule has 1 aromatic carbocycles. The summed E-state index contributed by atoms with van der Waals surface area (Å²) in [7, 11) is 3.62. The van der Waals surface area contributed by atoms with Crippen LogP contribution in [-0.4, -0.2) is 24.1 Å². The quantitative estimate of drug-likeness (QED) is 0.540. The van der Waals surface area contributed by atoms with Gasteiger partial charge in [0.2, 0.25) is 0 Å². The van der Waals surface area contributed by atoms with Crippen molar-refractivity contribution < 1.29 is 0 Å². The first kappa shape index (κ1) is 14.0. The minimum atomic E-state index is -0.182. The minimum absolute atomic E-state index is 0.182. The van der Waals surface area contributed by atoms with E-state index in [4.69, 9.17) is 11.6 Å². The minimum Gasteiger partial charge on any atom is -0.274 e. The van der Waals surface area contributed by atoms with Crippen LogP contribution in [0, 0.1) is 6.92 Å². The molecular weight excluding hydrogens is 314 g/mol. The molecule has 0 radical (unpaired) electrons. The van der Waals surface area contributed by atoms with Crippen LogP contribution in [0.5, 0.6) is 0 Å². The molecule has 0 unspecified atom stereocenters. The third kappa shape index (κ3) is 1.98. The number of rotatable bonds is 1. The van der Waals surface area contributed by atoms with Gasteiger partial charge in [-0.05, 0) is 19.1 Å². The van der Waals surface area contributed by atoms with Crippen molar-refractivity contribution in [1.29, 1.82) is 0 Å². The van der Waals surface area contributed by atoms with E-state index in [0.717, 1.165) is 22.0 Å². The molecule has 0 saturated heterocycles. The van der Waals surface area contributed by atoms with Crippen LogP contribution in [0.4, 0.5) is 0 Å². The molecule has 0 N–H and O–H groups in total. The van der Waals surface area contributed by atoms with Crippen molar-refractivity contribution in [3.63, 3.8) is 0 Å². The molecule has 0 fully saturated rings. The van der Waals surface area contributed by atoms with Gasteiger partial charge in [-0.3, -0.25) is 18.7 Å². The van der Waals surface area contributed by atoms with Gasteiger partial charge in [0, 0.05) is 42.2 Å². The predicted molar refractivity (Wildman–Crippen MR) is 90.3 cm³/mol. The van der Waals surface area contributed by atoms with E-state index in [0.29, 0.717) is 16.4 Å². The van der Waals surface area contributed by atoms with Crippen LogP contribution in [0.25, 0.3) is 27.6 Å². The Morgan fingerprint density at radius 1 is 1.09 bits per heavy atom. The number of halogens is 1. The van der Waals surface area contributed by atoms with E-state index < -0.39 is 0 Å². The summed E-state index contributed by atoms with van der Waals surface area (Å²) in [5.74, 6) is 0.687. The lowest BCUT2D eigenvalue weighted by Crippen LogP contribution is -2.21. The van der Waals surface area contributed by atoms with Gasteiger partial charge < -0.3 is 0 Å². The number of aromatic nitrogens is 5. The highest BCUT2D eigenvalue weighted by atomic mass is 35.5. The Bertz CT molecular complexity index is 1130. The molecule has 3 aromatic heterocycles. The molecule has 0 bridgehead atoms. The Hall–Kier alpha value is -2.60.